The average molecular weight is 334 g/mol. The first-order valence-corrected chi connectivity index (χ1v) is 8.58. The molecule has 0 saturated heterocycles. The second-order valence-corrected chi connectivity index (χ2v) is 6.65. The zero-order chi connectivity index (χ0) is 16.7. The number of ether oxygens (including phenoxy) is 1. The molecule has 2 aromatic rings. The normalized spacial score (nSPS) is 11.4. The monoisotopic (exact) mass is 334 g/mol. The molecule has 1 heterocycles. The van der Waals surface area contributed by atoms with Gasteiger partial charge in [-0.2, -0.15) is 4.31 Å². The summed E-state index contributed by atoms with van der Waals surface area (Å²) in [4.78, 5) is 16.0. The van der Waals surface area contributed by atoms with Gasteiger partial charge in [0.15, 0.2) is 0 Å². The Kier molecular flexibility index (Phi) is 5.84. The molecular weight excluding hydrogens is 316 g/mol. The Morgan fingerprint density at radius 2 is 1.83 bits per heavy atom. The summed E-state index contributed by atoms with van der Waals surface area (Å²) in [5, 5.41) is 0. The molecule has 7 heteroatoms. The van der Waals surface area contributed by atoms with Crippen LogP contribution in [-0.4, -0.2) is 36.8 Å². The number of carbonyl (C=O) groups is 1. The Bertz CT molecular complexity index is 733. The first-order valence-electron chi connectivity index (χ1n) is 7.14. The molecule has 1 aromatic heterocycles. The van der Waals surface area contributed by atoms with E-state index in [1.807, 2.05) is 0 Å². The van der Waals surface area contributed by atoms with Crippen LogP contribution in [-0.2, 0) is 26.1 Å². The summed E-state index contributed by atoms with van der Waals surface area (Å²) in [6.07, 6.45) is 1.58. The van der Waals surface area contributed by atoms with Crippen LogP contribution in [0.1, 0.15) is 12.6 Å². The highest BCUT2D eigenvalue weighted by Crippen LogP contribution is 2.17. The SMILES string of the molecule is CCOC(=O)CN(Cc1ccccn1)S(=O)(=O)c1ccccc1. The second-order valence-electron chi connectivity index (χ2n) is 4.71. The maximum absolute atomic E-state index is 12.8. The van der Waals surface area contributed by atoms with E-state index < -0.39 is 16.0 Å². The van der Waals surface area contributed by atoms with Gasteiger partial charge in [0.05, 0.1) is 23.7 Å². The molecule has 0 amide bonds. The van der Waals surface area contributed by atoms with Crippen molar-refractivity contribution >= 4 is 16.0 Å². The number of esters is 1. The van der Waals surface area contributed by atoms with Gasteiger partial charge < -0.3 is 4.74 Å². The van der Waals surface area contributed by atoms with Crippen molar-refractivity contribution in [3.8, 4) is 0 Å². The molecule has 0 spiro atoms. The van der Waals surface area contributed by atoms with Crippen LogP contribution in [0.5, 0.6) is 0 Å². The lowest BCUT2D eigenvalue weighted by molar-refractivity contribution is -0.143. The third-order valence-corrected chi connectivity index (χ3v) is 4.86. The molecule has 0 bridgehead atoms. The van der Waals surface area contributed by atoms with E-state index in [1.165, 1.54) is 12.1 Å². The molecule has 0 N–H and O–H groups in total. The van der Waals surface area contributed by atoms with Gasteiger partial charge in [-0.05, 0) is 31.2 Å². The summed E-state index contributed by atoms with van der Waals surface area (Å²) < 4.78 is 31.5. The molecule has 2 rings (SSSR count). The lowest BCUT2D eigenvalue weighted by Crippen LogP contribution is -2.36. The average Bonchev–Trinajstić information content (AvgIpc) is 2.56. The number of rotatable bonds is 7. The van der Waals surface area contributed by atoms with Gasteiger partial charge in [0.2, 0.25) is 10.0 Å². The van der Waals surface area contributed by atoms with E-state index in [9.17, 15) is 13.2 Å². The lowest BCUT2D eigenvalue weighted by atomic mass is 10.3. The van der Waals surface area contributed by atoms with Crippen LogP contribution in [0.4, 0.5) is 0 Å². The Balaban J connectivity index is 2.30. The van der Waals surface area contributed by atoms with Gasteiger partial charge in [-0.1, -0.05) is 24.3 Å². The largest absolute Gasteiger partial charge is 0.465 e. The summed E-state index contributed by atoms with van der Waals surface area (Å²) in [5.41, 5.74) is 0.552. The molecule has 1 aromatic carbocycles. The summed E-state index contributed by atoms with van der Waals surface area (Å²) in [7, 11) is -3.82. The summed E-state index contributed by atoms with van der Waals surface area (Å²) in [5.74, 6) is -0.595. The van der Waals surface area contributed by atoms with E-state index in [4.69, 9.17) is 4.74 Å². The van der Waals surface area contributed by atoms with Crippen LogP contribution in [0.15, 0.2) is 59.6 Å². The van der Waals surface area contributed by atoms with Crippen LogP contribution in [0, 0.1) is 0 Å². The van der Waals surface area contributed by atoms with Crippen molar-refractivity contribution in [3.63, 3.8) is 0 Å². The smallest absolute Gasteiger partial charge is 0.321 e. The van der Waals surface area contributed by atoms with Crippen molar-refractivity contribution in [3.05, 3.63) is 60.4 Å². The number of aromatic nitrogens is 1. The molecule has 0 fully saturated rings. The predicted octanol–water partition coefficient (Wildman–Crippen LogP) is 1.84. The first kappa shape index (κ1) is 17.1. The number of sulfonamides is 1. The van der Waals surface area contributed by atoms with E-state index in [2.05, 4.69) is 4.98 Å². The maximum atomic E-state index is 12.8. The predicted molar refractivity (Wildman–Crippen MR) is 84.9 cm³/mol. The van der Waals surface area contributed by atoms with Crippen molar-refractivity contribution in [2.45, 2.75) is 18.4 Å². The summed E-state index contributed by atoms with van der Waals surface area (Å²) in [6.45, 7) is 1.51. The minimum absolute atomic E-state index is 0.00309. The van der Waals surface area contributed by atoms with Gasteiger partial charge in [0.1, 0.15) is 6.54 Å². The van der Waals surface area contributed by atoms with E-state index in [0.29, 0.717) is 5.69 Å². The standard InChI is InChI=1S/C16H18N2O4S/c1-2-22-16(19)13-18(12-14-8-6-7-11-17-14)23(20,21)15-9-4-3-5-10-15/h3-11H,2,12-13H2,1H3. The minimum Gasteiger partial charge on any atom is -0.465 e. The number of carbonyl (C=O) groups excluding carboxylic acids is 1. The van der Waals surface area contributed by atoms with Gasteiger partial charge in [0, 0.05) is 6.20 Å². The quantitative estimate of drug-likeness (QED) is 0.722. The Labute approximate surface area is 135 Å². The van der Waals surface area contributed by atoms with E-state index >= 15 is 0 Å². The molecule has 0 aliphatic heterocycles. The van der Waals surface area contributed by atoms with Crippen LogP contribution < -0.4 is 0 Å². The van der Waals surface area contributed by atoms with Crippen molar-refractivity contribution in [2.24, 2.45) is 0 Å². The van der Waals surface area contributed by atoms with Crippen molar-refractivity contribution in [1.82, 2.24) is 9.29 Å². The van der Waals surface area contributed by atoms with E-state index in [0.717, 1.165) is 4.31 Å². The van der Waals surface area contributed by atoms with Gasteiger partial charge in [0.25, 0.3) is 0 Å². The third kappa shape index (κ3) is 4.61. The van der Waals surface area contributed by atoms with Crippen molar-refractivity contribution < 1.29 is 17.9 Å². The first-order chi connectivity index (χ1) is 11.0. The second kappa shape index (κ2) is 7.85. The lowest BCUT2D eigenvalue weighted by Gasteiger charge is -2.21. The van der Waals surface area contributed by atoms with Crippen molar-refractivity contribution in [1.29, 1.82) is 0 Å². The highest BCUT2D eigenvalue weighted by atomic mass is 32.2. The van der Waals surface area contributed by atoms with Crippen LogP contribution >= 0.6 is 0 Å². The van der Waals surface area contributed by atoms with E-state index in [1.54, 1.807) is 49.5 Å². The topological polar surface area (TPSA) is 76.6 Å². The van der Waals surface area contributed by atoms with Gasteiger partial charge in [-0.25, -0.2) is 8.42 Å². The molecule has 23 heavy (non-hydrogen) atoms. The molecule has 0 aliphatic carbocycles. The minimum atomic E-state index is -3.82. The number of pyridine rings is 1. The molecule has 122 valence electrons. The third-order valence-electron chi connectivity index (χ3n) is 3.06. The van der Waals surface area contributed by atoms with Gasteiger partial charge in [-0.3, -0.25) is 9.78 Å². The molecule has 0 aliphatic rings. The highest BCUT2D eigenvalue weighted by molar-refractivity contribution is 7.89. The molecule has 0 saturated carbocycles. The Morgan fingerprint density at radius 3 is 2.43 bits per heavy atom. The number of nitrogens with zero attached hydrogens (tertiary/aromatic N) is 2. The summed E-state index contributed by atoms with van der Waals surface area (Å²) >= 11 is 0. The number of benzene rings is 1. The zero-order valence-electron chi connectivity index (χ0n) is 12.8. The molecule has 6 nitrogen and oxygen atoms in total. The van der Waals surface area contributed by atoms with Crippen LogP contribution in [0.3, 0.4) is 0 Å². The highest BCUT2D eigenvalue weighted by Gasteiger charge is 2.27. The van der Waals surface area contributed by atoms with Gasteiger partial charge >= 0.3 is 5.97 Å². The maximum Gasteiger partial charge on any atom is 0.321 e. The number of hydrogen-bond acceptors (Lipinski definition) is 5. The zero-order valence-corrected chi connectivity index (χ0v) is 13.6. The fourth-order valence-electron chi connectivity index (χ4n) is 1.99. The summed E-state index contributed by atoms with van der Waals surface area (Å²) in [6, 6.07) is 13.2. The van der Waals surface area contributed by atoms with Crippen LogP contribution in [0.25, 0.3) is 0 Å². The number of hydrogen-bond donors (Lipinski definition) is 0. The van der Waals surface area contributed by atoms with Crippen LogP contribution in [0.2, 0.25) is 0 Å². The van der Waals surface area contributed by atoms with E-state index in [-0.39, 0.29) is 24.6 Å². The molecule has 0 radical (unpaired) electrons. The molecule has 0 atom stereocenters. The van der Waals surface area contributed by atoms with Crippen molar-refractivity contribution in [2.75, 3.05) is 13.2 Å². The Hall–Kier alpha value is -2.25. The molecule has 0 unspecified atom stereocenters. The fourth-order valence-corrected chi connectivity index (χ4v) is 3.37. The Morgan fingerprint density at radius 1 is 1.13 bits per heavy atom. The van der Waals surface area contributed by atoms with Gasteiger partial charge in [-0.15, -0.1) is 0 Å². The fraction of sp³-hybridized carbons (Fsp3) is 0.250. The molecular formula is C16H18N2O4S.